The van der Waals surface area contributed by atoms with Crippen LogP contribution in [0.15, 0.2) is 138 Å². The van der Waals surface area contributed by atoms with Gasteiger partial charge in [-0.05, 0) is 85.5 Å². The molecule has 10 heteroatoms. The molecule has 1 N–H and O–H groups in total. The second-order valence-electron chi connectivity index (χ2n) is 13.0. The third kappa shape index (κ3) is 9.21. The fraction of sp³-hybridized carbons (Fsp3) is 0.238. The van der Waals surface area contributed by atoms with Crippen molar-refractivity contribution in [3.8, 4) is 11.5 Å². The van der Waals surface area contributed by atoms with E-state index in [1.54, 1.807) is 48.5 Å². The average Bonchev–Trinajstić information content (AvgIpc) is 3.67. The molecule has 8 nitrogen and oxygen atoms in total. The predicted molar refractivity (Wildman–Crippen MR) is 205 cm³/mol. The maximum absolute atomic E-state index is 14.8. The molecule has 0 saturated heterocycles. The van der Waals surface area contributed by atoms with Gasteiger partial charge in [0.05, 0.1) is 10.6 Å². The molecule has 52 heavy (non-hydrogen) atoms. The molecular formula is C42H42ClN3O5S. The van der Waals surface area contributed by atoms with Crippen LogP contribution < -0.4 is 14.4 Å². The van der Waals surface area contributed by atoms with Crippen LogP contribution in [-0.2, 0) is 32.6 Å². The summed E-state index contributed by atoms with van der Waals surface area (Å²) < 4.78 is 35.9. The lowest BCUT2D eigenvalue weighted by molar-refractivity contribution is -0.140. The molecule has 2 amide bonds. The third-order valence-corrected chi connectivity index (χ3v) is 11.4. The first-order chi connectivity index (χ1) is 25.2. The van der Waals surface area contributed by atoms with Gasteiger partial charge in [0.25, 0.3) is 10.0 Å². The van der Waals surface area contributed by atoms with E-state index in [1.165, 1.54) is 17.0 Å². The van der Waals surface area contributed by atoms with Crippen LogP contribution in [0.2, 0.25) is 5.02 Å². The topological polar surface area (TPSA) is 96.0 Å². The molecule has 0 radical (unpaired) electrons. The van der Waals surface area contributed by atoms with Gasteiger partial charge < -0.3 is 15.0 Å². The molecule has 0 spiro atoms. The zero-order valence-electron chi connectivity index (χ0n) is 29.0. The summed E-state index contributed by atoms with van der Waals surface area (Å²) in [6, 6.07) is 38.1. The van der Waals surface area contributed by atoms with Crippen LogP contribution in [0.5, 0.6) is 11.5 Å². The number of hydrogen-bond acceptors (Lipinski definition) is 5. The van der Waals surface area contributed by atoms with E-state index < -0.39 is 28.5 Å². The van der Waals surface area contributed by atoms with Crippen LogP contribution >= 0.6 is 11.6 Å². The Balaban J connectivity index is 1.39. The predicted octanol–water partition coefficient (Wildman–Crippen LogP) is 8.33. The second-order valence-corrected chi connectivity index (χ2v) is 15.3. The van der Waals surface area contributed by atoms with E-state index in [9.17, 15) is 18.0 Å². The number of halogens is 1. The quantitative estimate of drug-likeness (QED) is 0.124. The van der Waals surface area contributed by atoms with Gasteiger partial charge in [0.2, 0.25) is 11.8 Å². The lowest BCUT2D eigenvalue weighted by Crippen LogP contribution is -2.54. The van der Waals surface area contributed by atoms with Crippen LogP contribution in [0.4, 0.5) is 5.69 Å². The Morgan fingerprint density at radius 2 is 1.38 bits per heavy atom. The Morgan fingerprint density at radius 1 is 0.788 bits per heavy atom. The van der Waals surface area contributed by atoms with Gasteiger partial charge in [0, 0.05) is 24.0 Å². The number of aryl methyl sites for hydroxylation is 1. The molecule has 1 aliphatic rings. The number of anilines is 1. The minimum Gasteiger partial charge on any atom is -0.457 e. The molecule has 1 atom stereocenters. The van der Waals surface area contributed by atoms with Gasteiger partial charge in [-0.3, -0.25) is 13.9 Å². The van der Waals surface area contributed by atoms with E-state index >= 15 is 0 Å². The number of nitrogens with one attached hydrogen (secondary N) is 1. The molecule has 0 unspecified atom stereocenters. The van der Waals surface area contributed by atoms with Gasteiger partial charge in [-0.2, -0.15) is 0 Å². The molecule has 6 rings (SSSR count). The van der Waals surface area contributed by atoms with E-state index in [2.05, 4.69) is 5.32 Å². The van der Waals surface area contributed by atoms with Crippen molar-refractivity contribution in [2.24, 2.45) is 0 Å². The van der Waals surface area contributed by atoms with E-state index in [-0.39, 0.29) is 35.5 Å². The summed E-state index contributed by atoms with van der Waals surface area (Å²) in [5.74, 6) is 0.292. The van der Waals surface area contributed by atoms with Gasteiger partial charge in [0.15, 0.2) is 0 Å². The van der Waals surface area contributed by atoms with E-state index in [1.807, 2.05) is 79.7 Å². The fourth-order valence-electron chi connectivity index (χ4n) is 6.40. The number of para-hydroxylation sites is 1. The third-order valence-electron chi connectivity index (χ3n) is 9.26. The van der Waals surface area contributed by atoms with E-state index in [0.717, 1.165) is 41.1 Å². The zero-order valence-corrected chi connectivity index (χ0v) is 30.6. The smallest absolute Gasteiger partial charge is 0.264 e. The number of sulfonamides is 1. The van der Waals surface area contributed by atoms with Crippen LogP contribution in [0.25, 0.3) is 0 Å². The van der Waals surface area contributed by atoms with Crippen LogP contribution in [0, 0.1) is 6.92 Å². The molecule has 0 aromatic heterocycles. The normalized spacial score (nSPS) is 13.7. The van der Waals surface area contributed by atoms with Gasteiger partial charge >= 0.3 is 0 Å². The van der Waals surface area contributed by atoms with Gasteiger partial charge in [0.1, 0.15) is 24.1 Å². The summed E-state index contributed by atoms with van der Waals surface area (Å²) in [7, 11) is -4.26. The molecule has 5 aromatic rings. The monoisotopic (exact) mass is 735 g/mol. The molecule has 0 heterocycles. The number of ether oxygens (including phenoxy) is 1. The Morgan fingerprint density at radius 3 is 2.04 bits per heavy atom. The summed E-state index contributed by atoms with van der Waals surface area (Å²) in [6.07, 6.45) is 4.02. The highest BCUT2D eigenvalue weighted by Gasteiger charge is 2.36. The van der Waals surface area contributed by atoms with Crippen molar-refractivity contribution in [1.29, 1.82) is 0 Å². The number of amides is 2. The fourth-order valence-corrected chi connectivity index (χ4v) is 8.01. The van der Waals surface area contributed by atoms with E-state index in [4.69, 9.17) is 16.3 Å². The summed E-state index contributed by atoms with van der Waals surface area (Å²) >= 11 is 6.64. The van der Waals surface area contributed by atoms with Crippen molar-refractivity contribution in [2.75, 3.05) is 10.8 Å². The standard InChI is InChI=1S/C42H42ClN3O5S/c1-31-20-26-38(27-21-31)52(49,50)46(35-22-24-37(25-23-35)51-36-17-6-3-7-18-36)30-41(47)45(29-33-14-8-11-19-39(33)43)40(28-32-12-4-2-5-13-32)42(48)44-34-15-9-10-16-34/h2-8,11-14,17-27,34,40H,9-10,15-16,28-30H2,1H3,(H,44,48)/t40-/m1/s1. The average molecular weight is 736 g/mol. The SMILES string of the molecule is Cc1ccc(S(=O)(=O)N(CC(=O)N(Cc2ccccc2Cl)[C@H](Cc2ccccc2)C(=O)NC2CCCC2)c2ccc(Oc3ccccc3)cc2)cc1. The van der Waals surface area contributed by atoms with Crippen molar-refractivity contribution in [3.05, 3.63) is 155 Å². The molecule has 1 saturated carbocycles. The van der Waals surface area contributed by atoms with Crippen molar-refractivity contribution in [1.82, 2.24) is 10.2 Å². The maximum atomic E-state index is 14.8. The second kappa shape index (κ2) is 16.9. The Hall–Kier alpha value is -5.12. The Bertz CT molecular complexity index is 2060. The molecule has 1 aliphatic carbocycles. The number of carbonyl (C=O) groups excluding carboxylic acids is 2. The lowest BCUT2D eigenvalue weighted by atomic mass is 10.0. The molecule has 0 aliphatic heterocycles. The molecule has 1 fully saturated rings. The van der Waals surface area contributed by atoms with Crippen molar-refractivity contribution < 1.29 is 22.7 Å². The Kier molecular flexibility index (Phi) is 11.9. The number of hydrogen-bond donors (Lipinski definition) is 1. The summed E-state index contributed by atoms with van der Waals surface area (Å²) in [6.45, 7) is 1.30. The highest BCUT2D eigenvalue weighted by molar-refractivity contribution is 7.92. The first-order valence-electron chi connectivity index (χ1n) is 17.5. The minimum atomic E-state index is -4.26. The van der Waals surface area contributed by atoms with Gasteiger partial charge in [-0.1, -0.05) is 109 Å². The number of nitrogens with zero attached hydrogens (tertiary/aromatic N) is 2. The summed E-state index contributed by atoms with van der Waals surface area (Å²) in [5, 5.41) is 3.63. The zero-order chi connectivity index (χ0) is 36.5. The van der Waals surface area contributed by atoms with E-state index in [0.29, 0.717) is 22.1 Å². The molecule has 0 bridgehead atoms. The first-order valence-corrected chi connectivity index (χ1v) is 19.3. The van der Waals surface area contributed by atoms with Crippen LogP contribution in [0.3, 0.4) is 0 Å². The molecule has 5 aromatic carbocycles. The van der Waals surface area contributed by atoms with Crippen LogP contribution in [-0.4, -0.2) is 43.8 Å². The highest BCUT2D eigenvalue weighted by atomic mass is 35.5. The number of benzene rings is 5. The molecular weight excluding hydrogens is 694 g/mol. The maximum Gasteiger partial charge on any atom is 0.264 e. The largest absolute Gasteiger partial charge is 0.457 e. The van der Waals surface area contributed by atoms with Crippen molar-refractivity contribution >= 4 is 39.1 Å². The van der Waals surface area contributed by atoms with Gasteiger partial charge in [-0.15, -0.1) is 0 Å². The first kappa shape index (κ1) is 36.7. The lowest BCUT2D eigenvalue weighted by Gasteiger charge is -2.34. The number of rotatable bonds is 14. The van der Waals surface area contributed by atoms with Crippen molar-refractivity contribution in [2.45, 2.75) is 62.6 Å². The summed E-state index contributed by atoms with van der Waals surface area (Å²) in [5.41, 5.74) is 2.66. The van der Waals surface area contributed by atoms with Crippen molar-refractivity contribution in [3.63, 3.8) is 0 Å². The number of carbonyl (C=O) groups is 2. The highest BCUT2D eigenvalue weighted by Crippen LogP contribution is 2.30. The van der Waals surface area contributed by atoms with Gasteiger partial charge in [-0.25, -0.2) is 8.42 Å². The Labute approximate surface area is 311 Å². The summed E-state index contributed by atoms with van der Waals surface area (Å²) in [4.78, 5) is 30.6. The van der Waals surface area contributed by atoms with Crippen LogP contribution in [0.1, 0.15) is 42.4 Å². The molecule has 268 valence electrons. The minimum absolute atomic E-state index is 0.00360.